The topological polar surface area (TPSA) is 54.9 Å². The van der Waals surface area contributed by atoms with Crippen molar-refractivity contribution in [3.63, 3.8) is 0 Å². The molecule has 5 heteroatoms. The second-order valence-corrected chi connectivity index (χ2v) is 4.68. The van der Waals surface area contributed by atoms with Crippen LogP contribution in [0, 0.1) is 0 Å². The Kier molecular flexibility index (Phi) is 5.53. The molecular weight excluding hydrogens is 254 g/mol. The van der Waals surface area contributed by atoms with Gasteiger partial charge in [-0.1, -0.05) is 13.0 Å². The van der Waals surface area contributed by atoms with E-state index < -0.39 is 0 Å². The molecule has 1 aliphatic rings. The van der Waals surface area contributed by atoms with E-state index in [9.17, 15) is 0 Å². The minimum atomic E-state index is 0.708. The van der Waals surface area contributed by atoms with Crippen molar-refractivity contribution in [1.82, 2.24) is 10.6 Å². The van der Waals surface area contributed by atoms with E-state index in [-0.39, 0.29) is 0 Å². The lowest BCUT2D eigenvalue weighted by molar-refractivity contribution is 0.297. The maximum atomic E-state index is 5.69. The standard InChI is InChI=1S/C15H23N3O2/c1-3-7-17-15(16-2)18-11-12-5-6-13-14(10-12)20-9-4-8-19-13/h5-6,10H,3-4,7-9,11H2,1-2H3,(H2,16,17,18). The van der Waals surface area contributed by atoms with Gasteiger partial charge in [-0.25, -0.2) is 0 Å². The first-order valence-corrected chi connectivity index (χ1v) is 7.16. The lowest BCUT2D eigenvalue weighted by Crippen LogP contribution is -2.37. The summed E-state index contributed by atoms with van der Waals surface area (Å²) in [6, 6.07) is 6.05. The van der Waals surface area contributed by atoms with E-state index in [1.807, 2.05) is 18.2 Å². The fraction of sp³-hybridized carbons (Fsp3) is 0.533. The molecule has 1 aromatic carbocycles. The molecule has 2 rings (SSSR count). The van der Waals surface area contributed by atoms with E-state index in [0.29, 0.717) is 13.2 Å². The van der Waals surface area contributed by atoms with Crippen molar-refractivity contribution in [1.29, 1.82) is 0 Å². The van der Waals surface area contributed by atoms with Crippen LogP contribution in [-0.4, -0.2) is 32.8 Å². The average Bonchev–Trinajstić information content (AvgIpc) is 2.72. The molecule has 0 amide bonds. The zero-order valence-corrected chi connectivity index (χ0v) is 12.2. The lowest BCUT2D eigenvalue weighted by Gasteiger charge is -2.13. The van der Waals surface area contributed by atoms with Crippen LogP contribution in [0.25, 0.3) is 0 Å². The summed E-state index contributed by atoms with van der Waals surface area (Å²) in [5.74, 6) is 2.48. The number of nitrogens with zero attached hydrogens (tertiary/aromatic N) is 1. The van der Waals surface area contributed by atoms with Gasteiger partial charge >= 0.3 is 0 Å². The van der Waals surface area contributed by atoms with Crippen LogP contribution in [0.5, 0.6) is 11.5 Å². The van der Waals surface area contributed by atoms with Crippen LogP contribution >= 0.6 is 0 Å². The molecule has 20 heavy (non-hydrogen) atoms. The summed E-state index contributed by atoms with van der Waals surface area (Å²) in [6.07, 6.45) is 2.00. The summed E-state index contributed by atoms with van der Waals surface area (Å²) < 4.78 is 11.3. The molecule has 1 aromatic rings. The van der Waals surface area contributed by atoms with Gasteiger partial charge in [0.2, 0.25) is 0 Å². The third kappa shape index (κ3) is 4.05. The van der Waals surface area contributed by atoms with E-state index in [0.717, 1.165) is 49.0 Å². The van der Waals surface area contributed by atoms with Gasteiger partial charge in [0.05, 0.1) is 13.2 Å². The van der Waals surface area contributed by atoms with Gasteiger partial charge in [0.15, 0.2) is 17.5 Å². The summed E-state index contributed by atoms with van der Waals surface area (Å²) in [4.78, 5) is 4.18. The average molecular weight is 277 g/mol. The summed E-state index contributed by atoms with van der Waals surface area (Å²) in [5, 5.41) is 6.53. The number of aliphatic imine (C=N–C) groups is 1. The maximum absolute atomic E-state index is 5.69. The molecule has 0 bridgehead atoms. The van der Waals surface area contributed by atoms with Gasteiger partial charge in [-0.05, 0) is 24.1 Å². The summed E-state index contributed by atoms with van der Waals surface area (Å²) in [6.45, 7) is 5.19. The van der Waals surface area contributed by atoms with Crippen LogP contribution in [-0.2, 0) is 6.54 Å². The van der Waals surface area contributed by atoms with Crippen molar-refractivity contribution < 1.29 is 9.47 Å². The Bertz CT molecular complexity index is 460. The predicted octanol–water partition coefficient (Wildman–Crippen LogP) is 1.92. The normalized spacial score (nSPS) is 14.6. The first kappa shape index (κ1) is 14.5. The molecule has 5 nitrogen and oxygen atoms in total. The molecule has 2 N–H and O–H groups in total. The van der Waals surface area contributed by atoms with Gasteiger partial charge in [0.1, 0.15) is 0 Å². The monoisotopic (exact) mass is 277 g/mol. The minimum absolute atomic E-state index is 0.708. The highest BCUT2D eigenvalue weighted by atomic mass is 16.5. The van der Waals surface area contributed by atoms with Gasteiger partial charge in [-0.15, -0.1) is 0 Å². The van der Waals surface area contributed by atoms with Crippen LogP contribution in [0.15, 0.2) is 23.2 Å². The van der Waals surface area contributed by atoms with Crippen LogP contribution in [0.3, 0.4) is 0 Å². The van der Waals surface area contributed by atoms with Crippen molar-refractivity contribution >= 4 is 5.96 Å². The third-order valence-electron chi connectivity index (χ3n) is 3.04. The molecule has 0 aromatic heterocycles. The number of nitrogens with one attached hydrogen (secondary N) is 2. The summed E-state index contributed by atoms with van der Waals surface area (Å²) in [5.41, 5.74) is 1.15. The maximum Gasteiger partial charge on any atom is 0.191 e. The Morgan fingerprint density at radius 3 is 2.75 bits per heavy atom. The Balaban J connectivity index is 1.94. The molecule has 0 unspecified atom stereocenters. The fourth-order valence-corrected chi connectivity index (χ4v) is 1.97. The fourth-order valence-electron chi connectivity index (χ4n) is 1.97. The Hall–Kier alpha value is -1.91. The van der Waals surface area contributed by atoms with E-state index in [1.165, 1.54) is 0 Å². The molecule has 0 aliphatic carbocycles. The largest absolute Gasteiger partial charge is 0.490 e. The van der Waals surface area contributed by atoms with E-state index in [1.54, 1.807) is 7.05 Å². The van der Waals surface area contributed by atoms with Gasteiger partial charge in [-0.3, -0.25) is 4.99 Å². The Morgan fingerprint density at radius 1 is 1.20 bits per heavy atom. The number of ether oxygens (including phenoxy) is 2. The van der Waals surface area contributed by atoms with Crippen molar-refractivity contribution in [2.45, 2.75) is 26.3 Å². The zero-order chi connectivity index (χ0) is 14.2. The Morgan fingerprint density at radius 2 is 2.00 bits per heavy atom. The molecule has 0 fully saturated rings. The quantitative estimate of drug-likeness (QED) is 0.652. The van der Waals surface area contributed by atoms with Gasteiger partial charge in [-0.2, -0.15) is 0 Å². The predicted molar refractivity (Wildman–Crippen MR) is 80.5 cm³/mol. The molecule has 0 spiro atoms. The molecule has 0 saturated heterocycles. The van der Waals surface area contributed by atoms with Gasteiger partial charge in [0.25, 0.3) is 0 Å². The highest BCUT2D eigenvalue weighted by Gasteiger charge is 2.10. The molecule has 0 atom stereocenters. The first-order valence-electron chi connectivity index (χ1n) is 7.16. The SMILES string of the molecule is CCCNC(=NC)NCc1ccc2c(c1)OCCCO2. The molecule has 1 aliphatic heterocycles. The van der Waals surface area contributed by atoms with E-state index >= 15 is 0 Å². The highest BCUT2D eigenvalue weighted by molar-refractivity contribution is 5.79. The number of benzene rings is 1. The lowest BCUT2D eigenvalue weighted by atomic mass is 10.2. The molecule has 0 radical (unpaired) electrons. The summed E-state index contributed by atoms with van der Waals surface area (Å²) in [7, 11) is 1.78. The second-order valence-electron chi connectivity index (χ2n) is 4.68. The van der Waals surface area contributed by atoms with Gasteiger partial charge < -0.3 is 20.1 Å². The number of guanidine groups is 1. The number of hydrogen-bond donors (Lipinski definition) is 2. The highest BCUT2D eigenvalue weighted by Crippen LogP contribution is 2.30. The van der Waals surface area contributed by atoms with Crippen LogP contribution in [0.1, 0.15) is 25.3 Å². The number of hydrogen-bond acceptors (Lipinski definition) is 3. The van der Waals surface area contributed by atoms with Crippen molar-refractivity contribution in [2.75, 3.05) is 26.8 Å². The van der Waals surface area contributed by atoms with Crippen LogP contribution < -0.4 is 20.1 Å². The smallest absolute Gasteiger partial charge is 0.191 e. The zero-order valence-electron chi connectivity index (χ0n) is 12.2. The van der Waals surface area contributed by atoms with Gasteiger partial charge in [0, 0.05) is 26.6 Å². The Labute approximate surface area is 120 Å². The second kappa shape index (κ2) is 7.62. The van der Waals surface area contributed by atoms with Crippen molar-refractivity contribution in [3.05, 3.63) is 23.8 Å². The van der Waals surface area contributed by atoms with Crippen molar-refractivity contribution in [2.24, 2.45) is 4.99 Å². The molecule has 1 heterocycles. The minimum Gasteiger partial charge on any atom is -0.490 e. The molecular formula is C15H23N3O2. The van der Waals surface area contributed by atoms with E-state index in [4.69, 9.17) is 9.47 Å². The number of rotatable bonds is 4. The number of fused-ring (bicyclic) bond motifs is 1. The first-order chi connectivity index (χ1) is 9.83. The van der Waals surface area contributed by atoms with Crippen LogP contribution in [0.4, 0.5) is 0 Å². The van der Waals surface area contributed by atoms with E-state index in [2.05, 4.69) is 22.5 Å². The molecule has 0 saturated carbocycles. The van der Waals surface area contributed by atoms with Crippen LogP contribution in [0.2, 0.25) is 0 Å². The van der Waals surface area contributed by atoms with Crippen molar-refractivity contribution in [3.8, 4) is 11.5 Å². The summed E-state index contributed by atoms with van der Waals surface area (Å²) >= 11 is 0. The molecule has 110 valence electrons. The third-order valence-corrected chi connectivity index (χ3v) is 3.04.